The SMILES string of the molecule is Cc1ccc2c(NS(=O)(=O)CC3CC(C)(F)C3)c(F)ccc2c1Oc1ncccc1-c1ccnc(N[C@H]2CCCNC2)n1. The Morgan fingerprint density at radius 2 is 1.91 bits per heavy atom. The van der Waals surface area contributed by atoms with Crippen LogP contribution in [0.25, 0.3) is 22.0 Å². The summed E-state index contributed by atoms with van der Waals surface area (Å²) >= 11 is 0. The van der Waals surface area contributed by atoms with E-state index in [1.165, 1.54) is 13.0 Å². The average molecular weight is 609 g/mol. The molecule has 6 rings (SSSR count). The highest BCUT2D eigenvalue weighted by molar-refractivity contribution is 7.92. The van der Waals surface area contributed by atoms with Gasteiger partial charge in [-0.05, 0) is 87.9 Å². The van der Waals surface area contributed by atoms with Crippen LogP contribution in [0.1, 0.15) is 38.2 Å². The Hall–Kier alpha value is -3.90. The molecule has 1 saturated carbocycles. The number of hydrogen-bond acceptors (Lipinski definition) is 8. The second-order valence-corrected chi connectivity index (χ2v) is 13.5. The van der Waals surface area contributed by atoms with Gasteiger partial charge in [0, 0.05) is 35.8 Å². The summed E-state index contributed by atoms with van der Waals surface area (Å²) in [5, 5.41) is 7.60. The molecule has 2 aromatic heterocycles. The Bertz CT molecular complexity index is 1750. The van der Waals surface area contributed by atoms with Gasteiger partial charge in [0.2, 0.25) is 21.9 Å². The van der Waals surface area contributed by atoms with Crippen molar-refractivity contribution in [2.45, 2.75) is 51.2 Å². The summed E-state index contributed by atoms with van der Waals surface area (Å²) in [7, 11) is -3.93. The molecule has 1 atom stereocenters. The summed E-state index contributed by atoms with van der Waals surface area (Å²) < 4.78 is 63.7. The number of aryl methyl sites for hydroxylation is 1. The van der Waals surface area contributed by atoms with Crippen LogP contribution >= 0.6 is 0 Å². The highest BCUT2D eigenvalue weighted by Crippen LogP contribution is 2.43. The molecule has 0 spiro atoms. The Balaban J connectivity index is 1.30. The van der Waals surface area contributed by atoms with Gasteiger partial charge in [0.05, 0.1) is 22.7 Å². The van der Waals surface area contributed by atoms with E-state index >= 15 is 4.39 Å². The highest BCUT2D eigenvalue weighted by Gasteiger charge is 2.42. The molecule has 0 bridgehead atoms. The summed E-state index contributed by atoms with van der Waals surface area (Å²) in [6.07, 6.45) is 5.72. The van der Waals surface area contributed by atoms with Crippen molar-refractivity contribution < 1.29 is 21.9 Å². The molecular formula is C31H34F2N6O3S. The normalized spacial score (nSPS) is 22.1. The summed E-state index contributed by atoms with van der Waals surface area (Å²) in [6, 6.07) is 11.8. The minimum absolute atomic E-state index is 0.164. The second-order valence-electron chi connectivity index (χ2n) is 11.7. The van der Waals surface area contributed by atoms with Crippen LogP contribution in [0.4, 0.5) is 20.4 Å². The molecule has 3 N–H and O–H groups in total. The monoisotopic (exact) mass is 608 g/mol. The molecule has 0 unspecified atom stereocenters. The Morgan fingerprint density at radius 1 is 1.09 bits per heavy atom. The molecule has 0 amide bonds. The number of halogens is 2. The van der Waals surface area contributed by atoms with Crippen LogP contribution in [-0.4, -0.2) is 53.9 Å². The highest BCUT2D eigenvalue weighted by atomic mass is 32.2. The van der Waals surface area contributed by atoms with Gasteiger partial charge in [-0.2, -0.15) is 0 Å². The number of aromatic nitrogens is 3. The van der Waals surface area contributed by atoms with Crippen molar-refractivity contribution in [2.75, 3.05) is 28.9 Å². The third kappa shape index (κ3) is 6.54. The predicted molar refractivity (Wildman–Crippen MR) is 163 cm³/mol. The first-order valence-electron chi connectivity index (χ1n) is 14.4. The largest absolute Gasteiger partial charge is 0.437 e. The lowest BCUT2D eigenvalue weighted by atomic mass is 9.75. The maximum Gasteiger partial charge on any atom is 0.233 e. The zero-order chi connectivity index (χ0) is 30.2. The van der Waals surface area contributed by atoms with Gasteiger partial charge in [-0.3, -0.25) is 4.72 Å². The quantitative estimate of drug-likeness (QED) is 0.213. The molecular weight excluding hydrogens is 574 g/mol. The van der Waals surface area contributed by atoms with Gasteiger partial charge in [0.15, 0.2) is 0 Å². The minimum Gasteiger partial charge on any atom is -0.437 e. The molecule has 0 radical (unpaired) electrons. The molecule has 2 aliphatic rings. The topological polar surface area (TPSA) is 118 Å². The zero-order valence-electron chi connectivity index (χ0n) is 24.0. The molecule has 9 nitrogen and oxygen atoms in total. The van der Waals surface area contributed by atoms with E-state index in [0.717, 1.165) is 31.5 Å². The molecule has 1 aliphatic carbocycles. The Labute approximate surface area is 249 Å². The van der Waals surface area contributed by atoms with Gasteiger partial charge in [-0.15, -0.1) is 0 Å². The van der Waals surface area contributed by atoms with Crippen molar-refractivity contribution in [3.05, 3.63) is 66.2 Å². The van der Waals surface area contributed by atoms with Gasteiger partial charge in [-0.1, -0.05) is 12.1 Å². The van der Waals surface area contributed by atoms with Gasteiger partial charge in [0.1, 0.15) is 17.2 Å². The molecule has 43 heavy (non-hydrogen) atoms. The maximum absolute atomic E-state index is 15.1. The van der Waals surface area contributed by atoms with Crippen molar-refractivity contribution >= 4 is 32.4 Å². The lowest BCUT2D eigenvalue weighted by Gasteiger charge is -2.38. The van der Waals surface area contributed by atoms with Crippen molar-refractivity contribution in [2.24, 2.45) is 5.92 Å². The van der Waals surface area contributed by atoms with E-state index in [1.54, 1.807) is 42.7 Å². The maximum atomic E-state index is 15.1. The molecule has 226 valence electrons. The molecule has 2 aromatic carbocycles. The first kappa shape index (κ1) is 29.2. The number of fused-ring (bicyclic) bond motifs is 1. The first-order chi connectivity index (χ1) is 20.6. The molecule has 1 aliphatic heterocycles. The minimum atomic E-state index is -3.93. The van der Waals surface area contributed by atoms with E-state index in [-0.39, 0.29) is 42.1 Å². The van der Waals surface area contributed by atoms with Crippen LogP contribution in [0, 0.1) is 18.7 Å². The molecule has 3 heterocycles. The van der Waals surface area contributed by atoms with Crippen LogP contribution in [0.15, 0.2) is 54.9 Å². The summed E-state index contributed by atoms with van der Waals surface area (Å²) in [5.74, 6) is -0.109. The smallest absolute Gasteiger partial charge is 0.233 e. The number of ether oxygens (including phenoxy) is 1. The lowest BCUT2D eigenvalue weighted by Crippen LogP contribution is -2.41. The third-order valence-electron chi connectivity index (χ3n) is 7.97. The lowest BCUT2D eigenvalue weighted by molar-refractivity contribution is 0.0362. The Kier molecular flexibility index (Phi) is 7.91. The fourth-order valence-electron chi connectivity index (χ4n) is 5.97. The number of hydrogen-bond donors (Lipinski definition) is 3. The van der Waals surface area contributed by atoms with Crippen molar-refractivity contribution in [3.8, 4) is 22.9 Å². The van der Waals surface area contributed by atoms with Crippen molar-refractivity contribution in [3.63, 3.8) is 0 Å². The number of alkyl halides is 1. The van der Waals surface area contributed by atoms with Crippen LogP contribution in [0.2, 0.25) is 0 Å². The number of nitrogens with zero attached hydrogens (tertiary/aromatic N) is 3. The first-order valence-corrected chi connectivity index (χ1v) is 16.1. The predicted octanol–water partition coefficient (Wildman–Crippen LogP) is 5.98. The van der Waals surface area contributed by atoms with Crippen LogP contribution < -0.4 is 20.1 Å². The van der Waals surface area contributed by atoms with Crippen molar-refractivity contribution in [1.82, 2.24) is 20.3 Å². The summed E-state index contributed by atoms with van der Waals surface area (Å²) in [5.41, 5.74) is 0.470. The molecule has 4 aromatic rings. The van der Waals surface area contributed by atoms with E-state index in [4.69, 9.17) is 9.72 Å². The second kappa shape index (κ2) is 11.6. The summed E-state index contributed by atoms with van der Waals surface area (Å²) in [6.45, 7) is 5.15. The number of anilines is 2. The molecule has 12 heteroatoms. The number of nitrogens with one attached hydrogen (secondary N) is 3. The van der Waals surface area contributed by atoms with E-state index in [9.17, 15) is 12.8 Å². The number of sulfonamides is 1. The fraction of sp³-hybridized carbons (Fsp3) is 0.387. The van der Waals surface area contributed by atoms with E-state index in [1.807, 2.05) is 13.0 Å². The zero-order valence-corrected chi connectivity index (χ0v) is 24.8. The number of piperidine rings is 1. The van der Waals surface area contributed by atoms with Crippen LogP contribution in [0.3, 0.4) is 0 Å². The van der Waals surface area contributed by atoms with E-state index in [0.29, 0.717) is 33.7 Å². The van der Waals surface area contributed by atoms with Crippen LogP contribution in [0.5, 0.6) is 11.6 Å². The van der Waals surface area contributed by atoms with Gasteiger partial charge in [-0.25, -0.2) is 32.2 Å². The molecule has 2 fully saturated rings. The summed E-state index contributed by atoms with van der Waals surface area (Å²) in [4.78, 5) is 13.6. The number of rotatable bonds is 9. The van der Waals surface area contributed by atoms with Gasteiger partial charge in [0.25, 0.3) is 0 Å². The van der Waals surface area contributed by atoms with E-state index < -0.39 is 21.5 Å². The van der Waals surface area contributed by atoms with Crippen molar-refractivity contribution in [1.29, 1.82) is 0 Å². The standard InChI is InChI=1S/C31H34F2N6O3S/c1-19-7-8-22-23(9-10-25(32)27(22)39-43(40,41)18-20-15-31(2,33)16-20)28(19)42-29-24(6-4-13-35-29)26-11-14-36-30(38-26)37-21-5-3-12-34-17-21/h4,6-11,13-14,20-21,34,39H,3,5,12,15-18H2,1-2H3,(H,36,37,38)/t20?,21-,31?/m0/s1. The van der Waals surface area contributed by atoms with Crippen LogP contribution in [-0.2, 0) is 10.0 Å². The Morgan fingerprint density at radius 3 is 2.67 bits per heavy atom. The number of benzene rings is 2. The average Bonchev–Trinajstić information content (AvgIpc) is 2.96. The van der Waals surface area contributed by atoms with E-state index in [2.05, 4.69) is 25.3 Å². The number of pyridine rings is 1. The van der Waals surface area contributed by atoms with Gasteiger partial charge < -0.3 is 15.4 Å². The molecule has 1 saturated heterocycles. The fourth-order valence-corrected chi connectivity index (χ4v) is 7.43. The van der Waals surface area contributed by atoms with Gasteiger partial charge >= 0.3 is 0 Å². The third-order valence-corrected chi connectivity index (χ3v) is 9.40.